The van der Waals surface area contributed by atoms with Crippen LogP contribution in [0.15, 0.2) is 59.0 Å². The predicted octanol–water partition coefficient (Wildman–Crippen LogP) is 6.18. The minimum atomic E-state index is -2.90. The van der Waals surface area contributed by atoms with E-state index in [4.69, 9.17) is 9.15 Å². The third-order valence-electron chi connectivity index (χ3n) is 5.70. The van der Waals surface area contributed by atoms with Gasteiger partial charge in [0.1, 0.15) is 11.3 Å². The number of para-hydroxylation sites is 1. The first-order valence-electron chi connectivity index (χ1n) is 10.6. The van der Waals surface area contributed by atoms with Crippen LogP contribution in [0.1, 0.15) is 44.8 Å². The van der Waals surface area contributed by atoms with E-state index in [2.05, 4.69) is 4.74 Å². The molecule has 1 atom stereocenters. The summed E-state index contributed by atoms with van der Waals surface area (Å²) < 4.78 is 42.1. The van der Waals surface area contributed by atoms with Crippen molar-refractivity contribution < 1.29 is 32.3 Å². The summed E-state index contributed by atoms with van der Waals surface area (Å²) in [5, 5.41) is 0.807. The number of halogens is 2. The number of Topliss-reactive ketones (excluding diaryl/α,β-unsaturated/α-hetero) is 1. The molecule has 0 N–H and O–H groups in total. The fourth-order valence-corrected chi connectivity index (χ4v) is 4.04. The molecule has 2 aromatic carbocycles. The summed E-state index contributed by atoms with van der Waals surface area (Å²) in [6, 6.07) is 15.1. The average Bonchev–Trinajstić information content (AvgIpc) is 3.29. The van der Waals surface area contributed by atoms with Crippen LogP contribution in [0.2, 0.25) is 0 Å². The third-order valence-corrected chi connectivity index (χ3v) is 5.70. The van der Waals surface area contributed by atoms with E-state index >= 15 is 0 Å². The summed E-state index contributed by atoms with van der Waals surface area (Å²) in [7, 11) is 0. The number of carbonyl (C=O) groups excluding carboxylic acids is 2. The van der Waals surface area contributed by atoms with Crippen LogP contribution >= 0.6 is 0 Å². The van der Waals surface area contributed by atoms with Gasteiger partial charge in [-0.3, -0.25) is 4.79 Å². The van der Waals surface area contributed by atoms with E-state index in [1.54, 1.807) is 38.1 Å². The maximum atomic E-state index is 13.1. The van der Waals surface area contributed by atoms with Crippen molar-refractivity contribution in [2.24, 2.45) is 0 Å². The fourth-order valence-electron chi connectivity index (χ4n) is 4.04. The van der Waals surface area contributed by atoms with Gasteiger partial charge in [-0.1, -0.05) is 18.2 Å². The molecule has 0 radical (unpaired) electrons. The third kappa shape index (κ3) is 4.31. The van der Waals surface area contributed by atoms with Gasteiger partial charge < -0.3 is 18.5 Å². The number of aromatic nitrogens is 1. The number of hydrogen-bond acceptors (Lipinski definition) is 5. The Hall–Kier alpha value is -3.94. The maximum absolute atomic E-state index is 13.1. The summed E-state index contributed by atoms with van der Waals surface area (Å²) in [5.74, 6) is -0.964. The van der Waals surface area contributed by atoms with Crippen LogP contribution in [0.25, 0.3) is 16.7 Å². The van der Waals surface area contributed by atoms with E-state index in [-0.39, 0.29) is 17.3 Å². The van der Waals surface area contributed by atoms with Crippen molar-refractivity contribution in [3.8, 4) is 11.4 Å². The van der Waals surface area contributed by atoms with Crippen molar-refractivity contribution in [1.29, 1.82) is 0 Å². The fraction of sp³-hybridized carbons (Fsp3) is 0.231. The smallest absolute Gasteiger partial charge is 0.387 e. The van der Waals surface area contributed by atoms with Crippen LogP contribution in [0.5, 0.6) is 5.75 Å². The Morgan fingerprint density at radius 2 is 1.68 bits per heavy atom. The van der Waals surface area contributed by atoms with Gasteiger partial charge in [0.15, 0.2) is 6.10 Å². The molecule has 4 aromatic rings. The predicted molar refractivity (Wildman–Crippen MR) is 122 cm³/mol. The largest absolute Gasteiger partial charge is 0.449 e. The lowest BCUT2D eigenvalue weighted by Crippen LogP contribution is -2.25. The Kier molecular flexibility index (Phi) is 6.24. The highest BCUT2D eigenvalue weighted by Gasteiger charge is 2.27. The molecule has 0 spiro atoms. The number of fused-ring (bicyclic) bond motifs is 1. The molecular formula is C26H23F2NO5. The average molecular weight is 467 g/mol. The number of aryl methyl sites for hydroxylation is 2. The molecule has 2 aromatic heterocycles. The minimum absolute atomic E-state index is 0.0407. The van der Waals surface area contributed by atoms with Crippen molar-refractivity contribution in [3.05, 3.63) is 82.9 Å². The first-order chi connectivity index (χ1) is 16.2. The van der Waals surface area contributed by atoms with Crippen molar-refractivity contribution in [3.63, 3.8) is 0 Å². The molecule has 34 heavy (non-hydrogen) atoms. The van der Waals surface area contributed by atoms with Crippen molar-refractivity contribution in [2.75, 3.05) is 0 Å². The minimum Gasteiger partial charge on any atom is -0.449 e. The Morgan fingerprint density at radius 3 is 2.32 bits per heavy atom. The Morgan fingerprint density at radius 1 is 1.00 bits per heavy atom. The summed E-state index contributed by atoms with van der Waals surface area (Å²) in [6.07, 6.45) is -1.05. The molecule has 8 heteroatoms. The van der Waals surface area contributed by atoms with Gasteiger partial charge in [-0.25, -0.2) is 4.79 Å². The van der Waals surface area contributed by atoms with Gasteiger partial charge in [0.25, 0.3) is 0 Å². The summed E-state index contributed by atoms with van der Waals surface area (Å²) in [4.78, 5) is 25.9. The highest BCUT2D eigenvalue weighted by molar-refractivity contribution is 6.03. The van der Waals surface area contributed by atoms with Gasteiger partial charge in [0.2, 0.25) is 11.5 Å². The number of ketones is 1. The molecule has 0 saturated heterocycles. The lowest BCUT2D eigenvalue weighted by atomic mass is 10.1. The molecule has 0 fully saturated rings. The highest BCUT2D eigenvalue weighted by Crippen LogP contribution is 2.27. The van der Waals surface area contributed by atoms with E-state index in [0.29, 0.717) is 28.1 Å². The van der Waals surface area contributed by atoms with Crippen LogP contribution < -0.4 is 4.74 Å². The highest BCUT2D eigenvalue weighted by atomic mass is 19.3. The number of benzene rings is 2. The quantitative estimate of drug-likeness (QED) is 0.240. The number of nitrogens with zero attached hydrogens (tertiary/aromatic N) is 1. The van der Waals surface area contributed by atoms with E-state index in [9.17, 15) is 18.4 Å². The van der Waals surface area contributed by atoms with Crippen molar-refractivity contribution in [2.45, 2.75) is 40.4 Å². The summed E-state index contributed by atoms with van der Waals surface area (Å²) >= 11 is 0. The van der Waals surface area contributed by atoms with Crippen molar-refractivity contribution >= 4 is 22.7 Å². The van der Waals surface area contributed by atoms with Gasteiger partial charge in [-0.15, -0.1) is 0 Å². The molecule has 6 nitrogen and oxygen atoms in total. The Bertz CT molecular complexity index is 1370. The molecule has 0 aliphatic carbocycles. The van der Waals surface area contributed by atoms with Crippen molar-refractivity contribution in [1.82, 2.24) is 4.57 Å². The van der Waals surface area contributed by atoms with Gasteiger partial charge in [-0.2, -0.15) is 8.78 Å². The molecule has 0 bridgehead atoms. The summed E-state index contributed by atoms with van der Waals surface area (Å²) in [5.41, 5.74) is 3.69. The second kappa shape index (κ2) is 9.13. The van der Waals surface area contributed by atoms with Crippen LogP contribution in [-0.2, 0) is 4.74 Å². The van der Waals surface area contributed by atoms with Crippen LogP contribution in [0.3, 0.4) is 0 Å². The first-order valence-corrected chi connectivity index (χ1v) is 10.6. The molecule has 2 heterocycles. The first kappa shape index (κ1) is 23.2. The zero-order chi connectivity index (χ0) is 24.6. The lowest BCUT2D eigenvalue weighted by molar-refractivity contribution is -0.0498. The number of rotatable bonds is 7. The van der Waals surface area contributed by atoms with Gasteiger partial charge in [0, 0.05) is 33.6 Å². The number of furan rings is 1. The summed E-state index contributed by atoms with van der Waals surface area (Å²) in [6.45, 7) is 3.96. The topological polar surface area (TPSA) is 70.7 Å². The van der Waals surface area contributed by atoms with E-state index < -0.39 is 18.7 Å². The van der Waals surface area contributed by atoms with E-state index in [1.807, 2.05) is 29.7 Å². The second-order valence-corrected chi connectivity index (χ2v) is 7.96. The molecule has 1 unspecified atom stereocenters. The van der Waals surface area contributed by atoms with Gasteiger partial charge in [-0.05, 0) is 64.1 Å². The Labute approximate surface area is 194 Å². The standard InChI is InChI=1S/C26H23F2NO5/c1-14-13-21(16(3)29(14)18-9-11-19(12-10-18)33-26(27)28)23(30)17(4)32-25(31)24-15(2)20-7-5-6-8-22(20)34-24/h5-13,17,26H,1-4H3. The normalized spacial score (nSPS) is 12.2. The molecule has 0 aliphatic heterocycles. The molecule has 176 valence electrons. The number of hydrogen-bond donors (Lipinski definition) is 0. The van der Waals surface area contributed by atoms with Crippen LogP contribution in [-0.4, -0.2) is 29.0 Å². The zero-order valence-corrected chi connectivity index (χ0v) is 19.1. The number of carbonyl (C=O) groups is 2. The number of esters is 1. The van der Waals surface area contributed by atoms with E-state index in [1.165, 1.54) is 19.1 Å². The van der Waals surface area contributed by atoms with Gasteiger partial charge >= 0.3 is 12.6 Å². The maximum Gasteiger partial charge on any atom is 0.387 e. The molecule has 0 saturated carbocycles. The monoisotopic (exact) mass is 467 g/mol. The number of ether oxygens (including phenoxy) is 2. The number of alkyl halides is 2. The molecule has 4 rings (SSSR count). The van der Waals surface area contributed by atoms with E-state index in [0.717, 1.165) is 11.1 Å². The Balaban J connectivity index is 1.54. The molecule has 0 amide bonds. The van der Waals surface area contributed by atoms with Gasteiger partial charge in [0.05, 0.1) is 0 Å². The second-order valence-electron chi connectivity index (χ2n) is 7.96. The lowest BCUT2D eigenvalue weighted by Gasteiger charge is -2.13. The zero-order valence-electron chi connectivity index (χ0n) is 19.1. The van der Waals surface area contributed by atoms with Crippen LogP contribution in [0.4, 0.5) is 8.78 Å². The SMILES string of the molecule is Cc1c(C(=O)OC(C)C(=O)c2cc(C)n(-c3ccc(OC(F)F)cc3)c2C)oc2ccccc12. The molecule has 0 aliphatic rings. The molecular weight excluding hydrogens is 444 g/mol. The van der Waals surface area contributed by atoms with Crippen LogP contribution in [0, 0.1) is 20.8 Å².